The van der Waals surface area contributed by atoms with E-state index in [0.717, 1.165) is 0 Å². The number of carbonyl (C=O) groups is 1. The third kappa shape index (κ3) is 9.60. The molecule has 1 unspecified atom stereocenters. The number of aliphatic imine (C=N–C) groups is 1. The minimum absolute atomic E-state index is 0.0856. The number of allylic oxidation sites excluding steroid dienone is 1. The van der Waals surface area contributed by atoms with E-state index in [0.29, 0.717) is 6.54 Å². The molecule has 2 nitrogen and oxygen atoms in total. The summed E-state index contributed by atoms with van der Waals surface area (Å²) in [4.78, 5) is 14.0. The van der Waals surface area contributed by atoms with Crippen LogP contribution in [0.2, 0.25) is 0 Å². The first-order chi connectivity index (χ1) is 6.81. The summed E-state index contributed by atoms with van der Waals surface area (Å²) in [6.45, 7) is 2.57. The first kappa shape index (κ1) is 13.5. The Kier molecular flexibility index (Phi) is 10.2. The van der Waals surface area contributed by atoms with Gasteiger partial charge in [-0.15, -0.1) is 9.24 Å². The summed E-state index contributed by atoms with van der Waals surface area (Å²) in [6.07, 6.45) is 11.6. The minimum atomic E-state index is 0.0856. The van der Waals surface area contributed by atoms with Crippen molar-refractivity contribution in [3.05, 3.63) is 12.2 Å². The number of hydrogen-bond acceptors (Lipinski definition) is 2. The molecule has 1 rings (SSSR count). The molecule has 1 aliphatic heterocycles. The number of carbonyl (C=O) groups excluding carboxylic acids is 1. The molecule has 1 aliphatic rings. The molecule has 0 fully saturated rings. The number of unbranched alkanes of at least 4 members (excludes halogenated alkanes) is 3. The zero-order chi connectivity index (χ0) is 10.6. The van der Waals surface area contributed by atoms with E-state index in [-0.39, 0.29) is 5.78 Å². The van der Waals surface area contributed by atoms with Gasteiger partial charge < -0.3 is 0 Å². The van der Waals surface area contributed by atoms with Gasteiger partial charge in [-0.25, -0.2) is 0 Å². The van der Waals surface area contributed by atoms with Crippen LogP contribution in [0.4, 0.5) is 0 Å². The molecule has 0 aliphatic carbocycles. The molecule has 1 atom stereocenters. The molecule has 0 saturated heterocycles. The molecule has 0 aromatic carbocycles. The highest BCUT2D eigenvalue weighted by Crippen LogP contribution is 2.00. The number of dihydropyridines is 1. The molecular weight excluding hydrogens is 193 g/mol. The van der Waals surface area contributed by atoms with Gasteiger partial charge in [0.25, 0.3) is 0 Å². The number of rotatable bonds is 4. The Morgan fingerprint density at radius 2 is 2.21 bits per heavy atom. The Hall–Kier alpha value is -0.490. The molecule has 0 aromatic rings. The van der Waals surface area contributed by atoms with Crippen LogP contribution in [0.15, 0.2) is 17.1 Å². The fourth-order valence-corrected chi connectivity index (χ4v) is 1.27. The third-order valence-electron chi connectivity index (χ3n) is 1.78. The van der Waals surface area contributed by atoms with E-state index < -0.39 is 0 Å². The van der Waals surface area contributed by atoms with Crippen LogP contribution in [0.3, 0.4) is 0 Å². The second kappa shape index (κ2) is 10.6. The molecule has 0 saturated carbocycles. The van der Waals surface area contributed by atoms with Crippen molar-refractivity contribution < 1.29 is 4.79 Å². The molecular formula is C11H20NOP. The van der Waals surface area contributed by atoms with E-state index in [2.05, 4.69) is 21.2 Å². The lowest BCUT2D eigenvalue weighted by Gasteiger charge is -1.90. The summed E-state index contributed by atoms with van der Waals surface area (Å²) in [5.41, 5.74) is 0. The molecule has 0 aromatic heterocycles. The highest BCUT2D eigenvalue weighted by atomic mass is 31.0. The monoisotopic (exact) mass is 213 g/mol. The van der Waals surface area contributed by atoms with Crippen molar-refractivity contribution in [2.45, 2.75) is 32.6 Å². The van der Waals surface area contributed by atoms with Crippen molar-refractivity contribution in [2.75, 3.05) is 12.7 Å². The Bertz CT molecular complexity index is 195. The molecule has 0 radical (unpaired) electrons. The van der Waals surface area contributed by atoms with E-state index in [1.165, 1.54) is 37.9 Å². The van der Waals surface area contributed by atoms with Crippen LogP contribution in [0.1, 0.15) is 32.6 Å². The van der Waals surface area contributed by atoms with Crippen molar-refractivity contribution in [2.24, 2.45) is 4.99 Å². The van der Waals surface area contributed by atoms with Gasteiger partial charge >= 0.3 is 0 Å². The van der Waals surface area contributed by atoms with Crippen LogP contribution in [0.5, 0.6) is 0 Å². The van der Waals surface area contributed by atoms with E-state index in [1.807, 2.05) is 0 Å². The minimum Gasteiger partial charge on any atom is -0.293 e. The largest absolute Gasteiger partial charge is 0.293 e. The summed E-state index contributed by atoms with van der Waals surface area (Å²) < 4.78 is 0. The summed E-state index contributed by atoms with van der Waals surface area (Å²) in [5, 5.41) is 0. The second-order valence-electron chi connectivity index (χ2n) is 3.16. The van der Waals surface area contributed by atoms with Gasteiger partial charge in [0, 0.05) is 6.21 Å². The van der Waals surface area contributed by atoms with Crippen LogP contribution in [-0.2, 0) is 4.79 Å². The first-order valence-electron chi connectivity index (χ1n) is 5.20. The SMILES string of the molecule is CCCCCCP.O=C1C=CC=NC1. The van der Waals surface area contributed by atoms with Gasteiger partial charge in [0.05, 0.1) is 0 Å². The smallest absolute Gasteiger partial charge is 0.177 e. The van der Waals surface area contributed by atoms with Crippen LogP contribution >= 0.6 is 9.24 Å². The predicted octanol–water partition coefficient (Wildman–Crippen LogP) is 2.64. The van der Waals surface area contributed by atoms with Crippen molar-refractivity contribution >= 4 is 21.2 Å². The fraction of sp³-hybridized carbons (Fsp3) is 0.636. The Morgan fingerprint density at radius 1 is 1.43 bits per heavy atom. The summed E-state index contributed by atoms with van der Waals surface area (Å²) >= 11 is 0. The van der Waals surface area contributed by atoms with E-state index in [1.54, 1.807) is 12.3 Å². The topological polar surface area (TPSA) is 29.4 Å². The van der Waals surface area contributed by atoms with E-state index >= 15 is 0 Å². The van der Waals surface area contributed by atoms with Crippen molar-refractivity contribution in [1.29, 1.82) is 0 Å². The van der Waals surface area contributed by atoms with Gasteiger partial charge in [-0.2, -0.15) is 0 Å². The van der Waals surface area contributed by atoms with E-state index in [9.17, 15) is 4.79 Å². The molecule has 3 heteroatoms. The van der Waals surface area contributed by atoms with Crippen molar-refractivity contribution in [3.63, 3.8) is 0 Å². The Morgan fingerprint density at radius 3 is 2.57 bits per heavy atom. The molecule has 80 valence electrons. The van der Waals surface area contributed by atoms with Gasteiger partial charge in [0.15, 0.2) is 5.78 Å². The maximum absolute atomic E-state index is 10.3. The fourth-order valence-electron chi connectivity index (χ4n) is 0.978. The lowest BCUT2D eigenvalue weighted by molar-refractivity contribution is -0.113. The van der Waals surface area contributed by atoms with Gasteiger partial charge in [-0.05, 0) is 24.7 Å². The van der Waals surface area contributed by atoms with Crippen molar-refractivity contribution in [3.8, 4) is 0 Å². The lowest BCUT2D eigenvalue weighted by atomic mass is 10.2. The first-order valence-corrected chi connectivity index (χ1v) is 6.02. The molecule has 0 spiro atoms. The molecule has 1 heterocycles. The molecule has 0 N–H and O–H groups in total. The quantitative estimate of drug-likeness (QED) is 0.521. The Labute approximate surface area is 89.1 Å². The molecule has 0 amide bonds. The lowest BCUT2D eigenvalue weighted by Crippen LogP contribution is -2.00. The molecule has 0 bridgehead atoms. The third-order valence-corrected chi connectivity index (χ3v) is 2.19. The maximum atomic E-state index is 10.3. The van der Waals surface area contributed by atoms with Crippen LogP contribution in [-0.4, -0.2) is 24.7 Å². The van der Waals surface area contributed by atoms with Crippen LogP contribution in [0.25, 0.3) is 0 Å². The number of nitrogens with zero attached hydrogens (tertiary/aromatic N) is 1. The zero-order valence-electron chi connectivity index (χ0n) is 8.91. The highest BCUT2D eigenvalue weighted by Gasteiger charge is 1.93. The standard InChI is InChI=1S/C6H15P.C5H5NO/c1-2-3-4-5-6-7;7-5-2-1-3-6-4-5/h2-7H2,1H3;1-3H,4H2. The van der Waals surface area contributed by atoms with Gasteiger partial charge in [0.1, 0.15) is 6.54 Å². The maximum Gasteiger partial charge on any atom is 0.177 e. The Balaban J connectivity index is 0.000000241. The average molecular weight is 213 g/mol. The van der Waals surface area contributed by atoms with Crippen LogP contribution in [0, 0.1) is 0 Å². The summed E-state index contributed by atoms with van der Waals surface area (Å²) in [6, 6.07) is 0. The molecule has 14 heavy (non-hydrogen) atoms. The summed E-state index contributed by atoms with van der Waals surface area (Å²) in [5.74, 6) is 0.0856. The predicted molar refractivity (Wildman–Crippen MR) is 66.2 cm³/mol. The van der Waals surface area contributed by atoms with Crippen molar-refractivity contribution in [1.82, 2.24) is 0 Å². The van der Waals surface area contributed by atoms with Crippen LogP contribution < -0.4 is 0 Å². The normalized spacial score (nSPS) is 13.7. The van der Waals surface area contributed by atoms with Gasteiger partial charge in [-0.1, -0.05) is 26.2 Å². The average Bonchev–Trinajstić information content (AvgIpc) is 2.21. The summed E-state index contributed by atoms with van der Waals surface area (Å²) in [7, 11) is 2.75. The number of hydrogen-bond donors (Lipinski definition) is 0. The van der Waals surface area contributed by atoms with E-state index in [4.69, 9.17) is 0 Å². The zero-order valence-corrected chi connectivity index (χ0v) is 10.1. The second-order valence-corrected chi connectivity index (χ2v) is 3.74. The highest BCUT2D eigenvalue weighted by molar-refractivity contribution is 7.16. The van der Waals surface area contributed by atoms with Gasteiger partial charge in [-0.3, -0.25) is 9.79 Å². The van der Waals surface area contributed by atoms with Gasteiger partial charge in [0.2, 0.25) is 0 Å². The number of ketones is 1.